The van der Waals surface area contributed by atoms with E-state index < -0.39 is 24.0 Å². The second-order valence-electron chi connectivity index (χ2n) is 6.67. The van der Waals surface area contributed by atoms with E-state index in [0.29, 0.717) is 10.6 Å². The van der Waals surface area contributed by atoms with Gasteiger partial charge in [-0.25, -0.2) is 9.59 Å². The molecule has 1 fully saturated rings. The van der Waals surface area contributed by atoms with Gasteiger partial charge in [-0.15, -0.1) is 11.3 Å². The van der Waals surface area contributed by atoms with Gasteiger partial charge in [0.05, 0.1) is 5.56 Å². The molecule has 1 aliphatic carbocycles. The normalized spacial score (nSPS) is 14.7. The van der Waals surface area contributed by atoms with Crippen LogP contribution in [0, 0.1) is 25.7 Å². The van der Waals surface area contributed by atoms with E-state index >= 15 is 0 Å². The van der Waals surface area contributed by atoms with Crippen LogP contribution in [-0.2, 0) is 14.3 Å². The summed E-state index contributed by atoms with van der Waals surface area (Å²) in [6.07, 6.45) is 0.511. The first-order valence-corrected chi connectivity index (χ1v) is 9.15. The Morgan fingerprint density at radius 3 is 2.31 bits per heavy atom. The summed E-state index contributed by atoms with van der Waals surface area (Å²) in [5.74, 6) is -2.01. The van der Waals surface area contributed by atoms with Crippen molar-refractivity contribution in [3.05, 3.63) is 16.0 Å². The highest BCUT2D eigenvalue weighted by molar-refractivity contribution is 7.16. The van der Waals surface area contributed by atoms with Crippen LogP contribution in [0.15, 0.2) is 0 Å². The molecule has 0 aliphatic heterocycles. The SMILES string of the molecule is Cc1sc(NC(=O)C2CC2)c(C(=O)O[C@H](C(=O)NC(N)=O)C(C)C)c1C. The Morgan fingerprint density at radius 1 is 1.19 bits per heavy atom. The minimum absolute atomic E-state index is 0.00802. The number of esters is 1. The fraction of sp³-hybridized carbons (Fsp3) is 0.529. The molecule has 2 rings (SSSR count). The van der Waals surface area contributed by atoms with Crippen LogP contribution >= 0.6 is 11.3 Å². The minimum atomic E-state index is -1.18. The number of rotatable bonds is 6. The van der Waals surface area contributed by atoms with Gasteiger partial charge in [-0.1, -0.05) is 13.8 Å². The second-order valence-corrected chi connectivity index (χ2v) is 7.90. The third-order valence-electron chi connectivity index (χ3n) is 4.12. The Bertz CT molecular complexity index is 752. The number of hydrogen-bond acceptors (Lipinski definition) is 6. The zero-order chi connectivity index (χ0) is 19.6. The van der Waals surface area contributed by atoms with Crippen LogP contribution in [0.4, 0.5) is 9.80 Å². The maximum Gasteiger partial charge on any atom is 0.342 e. The Balaban J connectivity index is 2.22. The first-order valence-electron chi connectivity index (χ1n) is 8.34. The molecule has 1 saturated carbocycles. The van der Waals surface area contributed by atoms with Crippen molar-refractivity contribution < 1.29 is 23.9 Å². The molecule has 4 amide bonds. The molecule has 0 aromatic carbocycles. The van der Waals surface area contributed by atoms with Crippen molar-refractivity contribution in [1.29, 1.82) is 0 Å². The van der Waals surface area contributed by atoms with E-state index in [1.165, 1.54) is 11.3 Å². The van der Waals surface area contributed by atoms with Crippen molar-refractivity contribution in [3.8, 4) is 0 Å². The summed E-state index contributed by atoms with van der Waals surface area (Å²) in [5.41, 5.74) is 5.88. The van der Waals surface area contributed by atoms with E-state index in [1.807, 2.05) is 12.2 Å². The summed E-state index contributed by atoms with van der Waals surface area (Å²) in [6, 6.07) is -1.02. The highest BCUT2D eigenvalue weighted by atomic mass is 32.1. The maximum absolute atomic E-state index is 12.7. The molecule has 1 aliphatic rings. The third kappa shape index (κ3) is 4.60. The largest absolute Gasteiger partial charge is 0.448 e. The van der Waals surface area contributed by atoms with Gasteiger partial charge in [0.25, 0.3) is 5.91 Å². The van der Waals surface area contributed by atoms with E-state index in [1.54, 1.807) is 20.8 Å². The second kappa shape index (κ2) is 7.86. The summed E-state index contributed by atoms with van der Waals surface area (Å²) < 4.78 is 5.35. The Hall–Kier alpha value is -2.42. The molecule has 1 aromatic rings. The quantitative estimate of drug-likeness (QED) is 0.650. The van der Waals surface area contributed by atoms with Crippen LogP contribution in [0.2, 0.25) is 0 Å². The van der Waals surface area contributed by atoms with Gasteiger partial charge in [0.2, 0.25) is 5.91 Å². The Labute approximate surface area is 155 Å². The standard InChI is InChI=1S/C17H23N3O5S/c1-7(2)12(14(22)20-17(18)24)25-16(23)11-8(3)9(4)26-15(11)19-13(21)10-5-6-10/h7,10,12H,5-6H2,1-4H3,(H,19,21)(H3,18,20,22,24)/t12-/m0/s1. The molecule has 9 heteroatoms. The number of imide groups is 1. The van der Waals surface area contributed by atoms with Crippen LogP contribution in [0.5, 0.6) is 0 Å². The number of primary amides is 1. The van der Waals surface area contributed by atoms with Gasteiger partial charge in [0, 0.05) is 10.8 Å². The predicted molar refractivity (Wildman–Crippen MR) is 96.9 cm³/mol. The van der Waals surface area contributed by atoms with Crippen LogP contribution in [0.1, 0.15) is 47.5 Å². The summed E-state index contributed by atoms with van der Waals surface area (Å²) >= 11 is 1.29. The average molecular weight is 381 g/mol. The Kier molecular flexibility index (Phi) is 6.01. The van der Waals surface area contributed by atoms with Gasteiger partial charge in [-0.05, 0) is 38.2 Å². The van der Waals surface area contributed by atoms with Crippen molar-refractivity contribution in [3.63, 3.8) is 0 Å². The first-order chi connectivity index (χ1) is 12.1. The van der Waals surface area contributed by atoms with Gasteiger partial charge in [-0.2, -0.15) is 0 Å². The van der Waals surface area contributed by atoms with Gasteiger partial charge in [-0.3, -0.25) is 14.9 Å². The van der Waals surface area contributed by atoms with Crippen molar-refractivity contribution >= 4 is 40.2 Å². The number of urea groups is 1. The van der Waals surface area contributed by atoms with E-state index in [9.17, 15) is 19.2 Å². The topological polar surface area (TPSA) is 128 Å². The van der Waals surface area contributed by atoms with E-state index in [-0.39, 0.29) is 23.3 Å². The van der Waals surface area contributed by atoms with Crippen LogP contribution in [0.3, 0.4) is 0 Å². The lowest BCUT2D eigenvalue weighted by molar-refractivity contribution is -0.131. The van der Waals surface area contributed by atoms with Crippen molar-refractivity contribution in [2.24, 2.45) is 17.6 Å². The summed E-state index contributed by atoms with van der Waals surface area (Å²) in [6.45, 7) is 6.95. The lowest BCUT2D eigenvalue weighted by Crippen LogP contribution is -2.45. The van der Waals surface area contributed by atoms with Gasteiger partial charge >= 0.3 is 12.0 Å². The molecule has 26 heavy (non-hydrogen) atoms. The lowest BCUT2D eigenvalue weighted by Gasteiger charge is -2.20. The highest BCUT2D eigenvalue weighted by Gasteiger charge is 2.33. The Morgan fingerprint density at radius 2 is 1.81 bits per heavy atom. The minimum Gasteiger partial charge on any atom is -0.448 e. The molecule has 4 N–H and O–H groups in total. The smallest absolute Gasteiger partial charge is 0.342 e. The average Bonchev–Trinajstić information content (AvgIpc) is 3.32. The molecule has 1 aromatic heterocycles. The number of hydrogen-bond donors (Lipinski definition) is 3. The molecule has 0 unspecified atom stereocenters. The first kappa shape index (κ1) is 19.9. The van der Waals surface area contributed by atoms with Crippen molar-refractivity contribution in [1.82, 2.24) is 5.32 Å². The monoisotopic (exact) mass is 381 g/mol. The fourth-order valence-electron chi connectivity index (χ4n) is 2.38. The van der Waals surface area contributed by atoms with Crippen molar-refractivity contribution in [2.45, 2.75) is 46.6 Å². The molecular weight excluding hydrogens is 358 g/mol. The van der Waals surface area contributed by atoms with Gasteiger partial charge in [0.1, 0.15) is 5.00 Å². The number of thiophene rings is 1. The molecule has 0 saturated heterocycles. The third-order valence-corrected chi connectivity index (χ3v) is 5.24. The highest BCUT2D eigenvalue weighted by Crippen LogP contribution is 2.36. The van der Waals surface area contributed by atoms with Crippen LogP contribution in [-0.4, -0.2) is 29.9 Å². The summed E-state index contributed by atoms with van der Waals surface area (Å²) in [7, 11) is 0. The molecule has 1 atom stereocenters. The van der Waals surface area contributed by atoms with E-state index in [4.69, 9.17) is 10.5 Å². The molecule has 1 heterocycles. The zero-order valence-corrected chi connectivity index (χ0v) is 16.0. The molecular formula is C17H23N3O5S. The summed E-state index contributed by atoms with van der Waals surface area (Å²) in [4.78, 5) is 48.6. The van der Waals surface area contributed by atoms with Crippen LogP contribution in [0.25, 0.3) is 0 Å². The van der Waals surface area contributed by atoms with Crippen molar-refractivity contribution in [2.75, 3.05) is 5.32 Å². The zero-order valence-electron chi connectivity index (χ0n) is 15.2. The number of nitrogens with two attached hydrogens (primary N) is 1. The molecule has 8 nitrogen and oxygen atoms in total. The molecule has 0 bridgehead atoms. The predicted octanol–water partition coefficient (Wildman–Crippen LogP) is 2.09. The molecule has 142 valence electrons. The van der Waals surface area contributed by atoms with Gasteiger partial charge in [0.15, 0.2) is 6.10 Å². The van der Waals surface area contributed by atoms with Gasteiger partial charge < -0.3 is 15.8 Å². The number of nitrogens with one attached hydrogen (secondary N) is 2. The number of amides is 4. The molecule has 0 radical (unpaired) electrons. The number of carbonyl (C=O) groups is 4. The number of ether oxygens (including phenoxy) is 1. The van der Waals surface area contributed by atoms with E-state index in [0.717, 1.165) is 17.7 Å². The number of aryl methyl sites for hydroxylation is 1. The lowest BCUT2D eigenvalue weighted by atomic mass is 10.1. The van der Waals surface area contributed by atoms with Crippen LogP contribution < -0.4 is 16.4 Å². The fourth-order valence-corrected chi connectivity index (χ4v) is 3.43. The van der Waals surface area contributed by atoms with E-state index in [2.05, 4.69) is 5.32 Å². The summed E-state index contributed by atoms with van der Waals surface area (Å²) in [5, 5.41) is 5.13. The number of carbonyl (C=O) groups excluding carboxylic acids is 4. The molecule has 0 spiro atoms. The number of anilines is 1. The maximum atomic E-state index is 12.7.